The van der Waals surface area contributed by atoms with E-state index >= 15 is 0 Å². The fourth-order valence-corrected chi connectivity index (χ4v) is 9.67. The van der Waals surface area contributed by atoms with Crippen molar-refractivity contribution in [3.05, 3.63) is 0 Å². The van der Waals surface area contributed by atoms with Crippen LogP contribution in [-0.4, -0.2) is 379 Å². The molecule has 23 N–H and O–H groups in total. The van der Waals surface area contributed by atoms with Crippen molar-refractivity contribution in [3.8, 4) is 0 Å². The molecular weight excluding hydrogens is 1080 g/mol. The summed E-state index contributed by atoms with van der Waals surface area (Å²) >= 11 is 0. The number of ether oxygens (including phenoxy) is 13. The molecule has 35 atom stereocenters. The van der Waals surface area contributed by atoms with Gasteiger partial charge in [-0.3, -0.25) is 0 Å². The SMILES string of the molecule is OC[C@H]1O[C@@H](O[C@@H]2[C@@H](O)[C@H](OC[C@H]3O[C@@H](OC[C@H]4OC(O)[C@H](O)[C@@H](O)[C@@H]4O)[C@H](O)[C@@H](O)[C@@H]3O)O[C@H](CO[C@@H]3O[C@H](CO)[C@@H](O)[C@H](O[C@@H]4O[C@H](CO)[C@@H](O)[C@H](O[C@@H]5O[C@H](CO)[C@@H](O)[C@H](O)[C@H]5O)[C@H]4O)[C@H]3O)[C@H]2O)[C@H](O)[C@@H](O)[C@@H]1O. The molecular formula is C42H72O36. The van der Waals surface area contributed by atoms with E-state index in [1.54, 1.807) is 0 Å². The van der Waals surface area contributed by atoms with Gasteiger partial charge in [0.2, 0.25) is 0 Å². The van der Waals surface area contributed by atoms with Gasteiger partial charge in [0.15, 0.2) is 44.0 Å². The normalized spacial score (nSPS) is 53.5. The lowest BCUT2D eigenvalue weighted by Gasteiger charge is -2.48. The van der Waals surface area contributed by atoms with Gasteiger partial charge in [-0.05, 0) is 0 Å². The molecule has 0 bridgehead atoms. The van der Waals surface area contributed by atoms with Gasteiger partial charge in [-0.1, -0.05) is 0 Å². The van der Waals surface area contributed by atoms with Crippen LogP contribution in [-0.2, 0) is 61.6 Å². The van der Waals surface area contributed by atoms with E-state index in [0.717, 1.165) is 0 Å². The van der Waals surface area contributed by atoms with E-state index in [1.165, 1.54) is 0 Å². The Labute approximate surface area is 439 Å². The molecule has 7 rings (SSSR count). The number of aliphatic hydroxyl groups is 23. The largest absolute Gasteiger partial charge is 0.394 e. The zero-order valence-corrected chi connectivity index (χ0v) is 40.8. The van der Waals surface area contributed by atoms with E-state index in [1.807, 2.05) is 0 Å². The Bertz CT molecular complexity index is 1820. The van der Waals surface area contributed by atoms with Crippen molar-refractivity contribution in [2.45, 2.75) is 215 Å². The second kappa shape index (κ2) is 27.5. The van der Waals surface area contributed by atoms with Gasteiger partial charge in [0.1, 0.15) is 171 Å². The summed E-state index contributed by atoms with van der Waals surface area (Å²) in [5, 5.41) is 243. The number of hydrogen-bond acceptors (Lipinski definition) is 36. The minimum Gasteiger partial charge on any atom is -0.394 e. The summed E-state index contributed by atoms with van der Waals surface area (Å²) in [6.07, 6.45) is -67.9. The molecule has 0 aromatic heterocycles. The van der Waals surface area contributed by atoms with Crippen molar-refractivity contribution in [1.29, 1.82) is 0 Å². The van der Waals surface area contributed by atoms with Crippen LogP contribution < -0.4 is 0 Å². The van der Waals surface area contributed by atoms with Crippen molar-refractivity contribution in [3.63, 3.8) is 0 Å². The lowest BCUT2D eigenvalue weighted by atomic mass is 9.96. The fraction of sp³-hybridized carbons (Fsp3) is 1.00. The average molecular weight is 1150 g/mol. The van der Waals surface area contributed by atoms with Gasteiger partial charge < -0.3 is 179 Å². The predicted octanol–water partition coefficient (Wildman–Crippen LogP) is -16.3. The van der Waals surface area contributed by atoms with Crippen LogP contribution in [0.2, 0.25) is 0 Å². The quantitative estimate of drug-likeness (QED) is 0.0571. The first-order valence-electron chi connectivity index (χ1n) is 24.6. The molecule has 7 heterocycles. The van der Waals surface area contributed by atoms with Crippen molar-refractivity contribution in [2.75, 3.05) is 46.2 Å². The Morgan fingerprint density at radius 3 is 0.821 bits per heavy atom. The lowest BCUT2D eigenvalue weighted by molar-refractivity contribution is -0.385. The Morgan fingerprint density at radius 1 is 0.218 bits per heavy atom. The number of hydrogen-bond donors (Lipinski definition) is 23. The third-order valence-electron chi connectivity index (χ3n) is 14.5. The highest BCUT2D eigenvalue weighted by Crippen LogP contribution is 2.36. The number of aliphatic hydroxyl groups excluding tert-OH is 23. The molecule has 0 saturated carbocycles. The smallest absolute Gasteiger partial charge is 0.187 e. The molecule has 456 valence electrons. The molecule has 1 unspecified atom stereocenters. The molecule has 0 amide bonds. The van der Waals surface area contributed by atoms with Gasteiger partial charge in [-0.15, -0.1) is 0 Å². The predicted molar refractivity (Wildman–Crippen MR) is 232 cm³/mol. The maximum absolute atomic E-state index is 11.7. The minimum atomic E-state index is -2.20. The summed E-state index contributed by atoms with van der Waals surface area (Å²) < 4.78 is 72.2. The first-order valence-corrected chi connectivity index (χ1v) is 24.6. The molecule has 7 aliphatic heterocycles. The Balaban J connectivity index is 1.06. The maximum Gasteiger partial charge on any atom is 0.187 e. The third kappa shape index (κ3) is 13.4. The zero-order valence-electron chi connectivity index (χ0n) is 40.8. The van der Waals surface area contributed by atoms with Gasteiger partial charge in [0.05, 0.1) is 46.2 Å². The molecule has 78 heavy (non-hydrogen) atoms. The van der Waals surface area contributed by atoms with Crippen LogP contribution in [0.5, 0.6) is 0 Å². The summed E-state index contributed by atoms with van der Waals surface area (Å²) in [5.41, 5.74) is 0. The summed E-state index contributed by atoms with van der Waals surface area (Å²) in [7, 11) is 0. The average Bonchev–Trinajstić information content (AvgIpc) is 3.52. The fourth-order valence-electron chi connectivity index (χ4n) is 9.67. The molecule has 7 fully saturated rings. The molecule has 36 nitrogen and oxygen atoms in total. The van der Waals surface area contributed by atoms with E-state index in [0.29, 0.717) is 0 Å². The molecule has 7 saturated heterocycles. The van der Waals surface area contributed by atoms with Gasteiger partial charge in [0, 0.05) is 0 Å². The Hall–Kier alpha value is -1.44. The van der Waals surface area contributed by atoms with Crippen molar-refractivity contribution in [2.24, 2.45) is 0 Å². The van der Waals surface area contributed by atoms with Crippen LogP contribution in [0.4, 0.5) is 0 Å². The molecule has 0 aromatic carbocycles. The first kappa shape index (κ1) is 64.1. The molecule has 0 aliphatic carbocycles. The van der Waals surface area contributed by atoms with Gasteiger partial charge in [-0.25, -0.2) is 0 Å². The van der Waals surface area contributed by atoms with Crippen LogP contribution in [0, 0.1) is 0 Å². The second-order valence-corrected chi connectivity index (χ2v) is 19.7. The highest BCUT2D eigenvalue weighted by molar-refractivity contribution is 4.99. The van der Waals surface area contributed by atoms with E-state index < -0.39 is 261 Å². The van der Waals surface area contributed by atoms with Crippen molar-refractivity contribution < 1.29 is 179 Å². The molecule has 0 spiro atoms. The Kier molecular flexibility index (Phi) is 22.6. The summed E-state index contributed by atoms with van der Waals surface area (Å²) in [4.78, 5) is 0. The van der Waals surface area contributed by atoms with Gasteiger partial charge in [-0.2, -0.15) is 0 Å². The van der Waals surface area contributed by atoms with Crippen LogP contribution in [0.15, 0.2) is 0 Å². The van der Waals surface area contributed by atoms with Gasteiger partial charge in [0.25, 0.3) is 0 Å². The monoisotopic (exact) mass is 1150 g/mol. The third-order valence-corrected chi connectivity index (χ3v) is 14.5. The molecule has 7 aliphatic rings. The van der Waals surface area contributed by atoms with Gasteiger partial charge >= 0.3 is 0 Å². The summed E-state index contributed by atoms with van der Waals surface area (Å²) in [5.74, 6) is 0. The molecule has 36 heteroatoms. The highest BCUT2D eigenvalue weighted by atomic mass is 16.8. The van der Waals surface area contributed by atoms with Crippen LogP contribution in [0.3, 0.4) is 0 Å². The van der Waals surface area contributed by atoms with Crippen LogP contribution in [0.25, 0.3) is 0 Å². The van der Waals surface area contributed by atoms with Crippen LogP contribution >= 0.6 is 0 Å². The van der Waals surface area contributed by atoms with E-state index in [9.17, 15) is 117 Å². The van der Waals surface area contributed by atoms with Crippen molar-refractivity contribution in [1.82, 2.24) is 0 Å². The zero-order chi connectivity index (χ0) is 57.3. The van der Waals surface area contributed by atoms with Crippen molar-refractivity contribution >= 4 is 0 Å². The molecule has 0 radical (unpaired) electrons. The minimum absolute atomic E-state index is 0.764. The maximum atomic E-state index is 11.7. The first-order chi connectivity index (χ1) is 36.9. The molecule has 0 aromatic rings. The van der Waals surface area contributed by atoms with E-state index in [4.69, 9.17) is 61.6 Å². The van der Waals surface area contributed by atoms with Crippen LogP contribution in [0.1, 0.15) is 0 Å². The topological polar surface area (TPSA) is 585 Å². The van der Waals surface area contributed by atoms with E-state index in [2.05, 4.69) is 0 Å². The van der Waals surface area contributed by atoms with E-state index in [-0.39, 0.29) is 0 Å². The number of rotatable bonds is 19. The lowest BCUT2D eigenvalue weighted by Crippen LogP contribution is -2.67. The summed E-state index contributed by atoms with van der Waals surface area (Å²) in [6.45, 7) is -6.50. The Morgan fingerprint density at radius 2 is 0.449 bits per heavy atom. The standard InChI is InChI=1S/C42H72O36/c43-1-8-15(47)23(55)28(60)40(71-8)76-34-20(52)11(4-46)73-42(32(34)64)78-33-19(51)10(3-45)70-38(30(33)62)68-7-14-21(53)35(77-41-29(61)24(56)16(48)9(2-44)72-41)31(63)39(75-14)67-6-13-18(50)25(57)27(59)37(74-13)66-5-12-17(49)22(54)26(58)36(65)69-12/h8-65H,1-7H2/t8-,9-,10-,11-,12-,13-,14-,15-,16-,17-,18-,19-,20-,21-,22+,23+,24+,25+,26-,27-,28-,29-,30-,31-,32-,33+,34+,35+,36?,37-,38-,39-,40+,41+,42+/m1/s1. The highest BCUT2D eigenvalue weighted by Gasteiger charge is 2.57. The second-order valence-electron chi connectivity index (χ2n) is 19.7. The summed E-state index contributed by atoms with van der Waals surface area (Å²) in [6, 6.07) is 0.